The van der Waals surface area contributed by atoms with Crippen LogP contribution in [0.1, 0.15) is 41.6 Å². The average Bonchev–Trinajstić information content (AvgIpc) is 3.68. The maximum atomic E-state index is 13.6. The van der Waals surface area contributed by atoms with E-state index in [4.69, 9.17) is 11.6 Å². The highest BCUT2D eigenvalue weighted by molar-refractivity contribution is 7.92. The second-order valence-corrected chi connectivity index (χ2v) is 13.0. The van der Waals surface area contributed by atoms with Gasteiger partial charge in [-0.15, -0.1) is 0 Å². The number of benzene rings is 2. The van der Waals surface area contributed by atoms with Gasteiger partial charge in [0.25, 0.3) is 5.91 Å². The van der Waals surface area contributed by atoms with E-state index >= 15 is 0 Å². The Labute approximate surface area is 221 Å². The summed E-state index contributed by atoms with van der Waals surface area (Å²) in [6, 6.07) is 10.9. The fourth-order valence-electron chi connectivity index (χ4n) is 5.36. The topological polar surface area (TPSA) is 95.2 Å². The number of fused-ring (bicyclic) bond motifs is 3. The molecule has 37 heavy (non-hydrogen) atoms. The lowest BCUT2D eigenvalue weighted by Crippen LogP contribution is -2.43. The van der Waals surface area contributed by atoms with Gasteiger partial charge in [-0.2, -0.15) is 0 Å². The minimum absolute atomic E-state index is 0.123. The molecule has 9 heteroatoms. The largest absolute Gasteiger partial charge is 0.349 e. The summed E-state index contributed by atoms with van der Waals surface area (Å²) in [5.41, 5.74) is 4.36. The Bertz CT molecular complexity index is 1650. The van der Waals surface area contributed by atoms with Crippen molar-refractivity contribution in [3.63, 3.8) is 0 Å². The molecule has 4 aromatic rings. The number of H-pyrrole nitrogens is 1. The Hall–Kier alpha value is -2.94. The summed E-state index contributed by atoms with van der Waals surface area (Å²) in [5.74, 6) is -0.124. The summed E-state index contributed by atoms with van der Waals surface area (Å²) in [6.45, 7) is 3.83. The third-order valence-electron chi connectivity index (χ3n) is 7.69. The standard InChI is InChI=1S/C28H29ClN4O3S/c1-16-22(28(34)31-19-8-10-33(2)11-9-19)14-23(25-24-13-18(29)15-30-27(24)32-26(16)25)17-4-3-5-21(12-17)37(35,36)20-6-7-20/h3-5,12-15,19-20H,6-11H2,1-2H3,(H,30,32)(H,31,34). The lowest BCUT2D eigenvalue weighted by Gasteiger charge is -2.29. The zero-order chi connectivity index (χ0) is 25.9. The molecule has 0 spiro atoms. The summed E-state index contributed by atoms with van der Waals surface area (Å²) >= 11 is 6.32. The van der Waals surface area contributed by atoms with Crippen molar-refractivity contribution in [3.05, 3.63) is 58.7 Å². The van der Waals surface area contributed by atoms with Crippen LogP contribution in [0, 0.1) is 6.92 Å². The molecule has 0 unspecified atom stereocenters. The molecule has 0 radical (unpaired) electrons. The normalized spacial score (nSPS) is 17.5. The van der Waals surface area contributed by atoms with Crippen molar-refractivity contribution in [2.45, 2.75) is 48.8 Å². The molecule has 192 valence electrons. The van der Waals surface area contributed by atoms with Gasteiger partial charge in [-0.3, -0.25) is 4.79 Å². The maximum absolute atomic E-state index is 13.6. The summed E-state index contributed by atoms with van der Waals surface area (Å²) in [6.07, 6.45) is 4.81. The molecule has 2 aliphatic rings. The van der Waals surface area contributed by atoms with E-state index < -0.39 is 9.84 Å². The van der Waals surface area contributed by atoms with Gasteiger partial charge in [0.05, 0.1) is 20.7 Å². The molecule has 6 rings (SSSR count). The van der Waals surface area contributed by atoms with Gasteiger partial charge in [0.2, 0.25) is 0 Å². The van der Waals surface area contributed by atoms with Gasteiger partial charge in [-0.05, 0) is 93.7 Å². The SMILES string of the molecule is Cc1c(C(=O)NC2CCN(C)CC2)cc(-c2cccc(S(=O)(=O)C3CC3)c2)c2c1[nH]c1ncc(Cl)cc12. The highest BCUT2D eigenvalue weighted by Crippen LogP contribution is 2.40. The van der Waals surface area contributed by atoms with Gasteiger partial charge in [-0.25, -0.2) is 13.4 Å². The summed E-state index contributed by atoms with van der Waals surface area (Å²) in [7, 11) is -1.27. The van der Waals surface area contributed by atoms with Crippen molar-refractivity contribution in [1.29, 1.82) is 0 Å². The Balaban J connectivity index is 1.52. The number of piperidine rings is 1. The Kier molecular flexibility index (Phi) is 6.01. The highest BCUT2D eigenvalue weighted by atomic mass is 35.5. The van der Waals surface area contributed by atoms with E-state index in [0.29, 0.717) is 34.0 Å². The zero-order valence-corrected chi connectivity index (χ0v) is 22.4. The number of nitrogens with one attached hydrogen (secondary N) is 2. The monoisotopic (exact) mass is 536 g/mol. The van der Waals surface area contributed by atoms with Crippen LogP contribution in [0.3, 0.4) is 0 Å². The number of hydrogen-bond acceptors (Lipinski definition) is 5. The van der Waals surface area contributed by atoms with Gasteiger partial charge in [0.1, 0.15) is 5.65 Å². The second kappa shape index (κ2) is 9.11. The fourth-order valence-corrected chi connectivity index (χ4v) is 7.22. The van der Waals surface area contributed by atoms with Crippen LogP contribution in [0.4, 0.5) is 0 Å². The van der Waals surface area contributed by atoms with E-state index in [0.717, 1.165) is 58.9 Å². The molecule has 1 saturated carbocycles. The van der Waals surface area contributed by atoms with Crippen molar-refractivity contribution < 1.29 is 13.2 Å². The highest BCUT2D eigenvalue weighted by Gasteiger charge is 2.37. The number of halogens is 1. The third-order valence-corrected chi connectivity index (χ3v) is 10.2. The minimum Gasteiger partial charge on any atom is -0.349 e. The first-order valence-electron chi connectivity index (χ1n) is 12.7. The maximum Gasteiger partial charge on any atom is 0.251 e. The van der Waals surface area contributed by atoms with E-state index in [-0.39, 0.29) is 17.2 Å². The van der Waals surface area contributed by atoms with Crippen LogP contribution < -0.4 is 5.32 Å². The van der Waals surface area contributed by atoms with Crippen molar-refractivity contribution in [3.8, 4) is 11.1 Å². The molecular weight excluding hydrogens is 508 g/mol. The summed E-state index contributed by atoms with van der Waals surface area (Å²) < 4.78 is 26.0. The predicted octanol–water partition coefficient (Wildman–Crippen LogP) is 5.11. The quantitative estimate of drug-likeness (QED) is 0.370. The summed E-state index contributed by atoms with van der Waals surface area (Å²) in [4.78, 5) is 24.0. The molecule has 1 saturated heterocycles. The molecular formula is C28H29ClN4O3S. The van der Waals surface area contributed by atoms with E-state index in [2.05, 4.69) is 27.2 Å². The van der Waals surface area contributed by atoms with E-state index in [9.17, 15) is 13.2 Å². The van der Waals surface area contributed by atoms with E-state index in [1.165, 1.54) is 0 Å². The number of hydrogen-bond donors (Lipinski definition) is 2. The molecule has 2 N–H and O–H groups in total. The Morgan fingerprint density at radius 2 is 1.89 bits per heavy atom. The number of likely N-dealkylation sites (tertiary alicyclic amines) is 1. The van der Waals surface area contributed by atoms with Gasteiger partial charge in [-0.1, -0.05) is 23.7 Å². The lowest BCUT2D eigenvalue weighted by atomic mass is 9.93. The van der Waals surface area contributed by atoms with E-state index in [1.54, 1.807) is 24.4 Å². The van der Waals surface area contributed by atoms with Crippen molar-refractivity contribution >= 4 is 49.3 Å². The number of pyridine rings is 1. The average molecular weight is 537 g/mol. The molecule has 0 bridgehead atoms. The van der Waals surface area contributed by atoms with Crippen LogP contribution in [0.25, 0.3) is 33.1 Å². The van der Waals surface area contributed by atoms with Crippen LogP contribution >= 0.6 is 11.6 Å². The van der Waals surface area contributed by atoms with E-state index in [1.807, 2.05) is 25.1 Å². The molecule has 0 atom stereocenters. The lowest BCUT2D eigenvalue weighted by molar-refractivity contribution is 0.0916. The van der Waals surface area contributed by atoms with Gasteiger partial charge in [0, 0.05) is 28.6 Å². The second-order valence-electron chi connectivity index (χ2n) is 10.3. The van der Waals surface area contributed by atoms with Gasteiger partial charge < -0.3 is 15.2 Å². The van der Waals surface area contributed by atoms with Crippen LogP contribution in [0.2, 0.25) is 5.02 Å². The molecule has 3 heterocycles. The number of amides is 1. The van der Waals surface area contributed by atoms with Crippen molar-refractivity contribution in [1.82, 2.24) is 20.2 Å². The fraction of sp³-hybridized carbons (Fsp3) is 0.357. The number of carbonyl (C=O) groups excluding carboxylic acids is 1. The Morgan fingerprint density at radius 1 is 1.14 bits per heavy atom. The van der Waals surface area contributed by atoms with Gasteiger partial charge in [0.15, 0.2) is 9.84 Å². The molecule has 2 fully saturated rings. The molecule has 1 aliphatic carbocycles. The molecule has 1 aliphatic heterocycles. The Morgan fingerprint density at radius 3 is 2.62 bits per heavy atom. The predicted molar refractivity (Wildman–Crippen MR) is 147 cm³/mol. The third kappa shape index (κ3) is 4.41. The first-order valence-corrected chi connectivity index (χ1v) is 14.6. The number of aryl methyl sites for hydroxylation is 1. The van der Waals surface area contributed by atoms with Crippen molar-refractivity contribution in [2.75, 3.05) is 20.1 Å². The molecule has 2 aromatic carbocycles. The zero-order valence-electron chi connectivity index (χ0n) is 20.8. The number of aromatic nitrogens is 2. The van der Waals surface area contributed by atoms with Crippen LogP contribution in [-0.4, -0.2) is 60.6 Å². The van der Waals surface area contributed by atoms with Crippen LogP contribution in [0.5, 0.6) is 0 Å². The first kappa shape index (κ1) is 24.4. The van der Waals surface area contributed by atoms with Crippen LogP contribution in [-0.2, 0) is 9.84 Å². The van der Waals surface area contributed by atoms with Crippen molar-refractivity contribution in [2.24, 2.45) is 0 Å². The number of carbonyl (C=O) groups is 1. The smallest absolute Gasteiger partial charge is 0.251 e. The number of rotatable bonds is 5. The number of sulfone groups is 1. The molecule has 1 amide bonds. The molecule has 2 aromatic heterocycles. The number of aromatic amines is 1. The molecule has 7 nitrogen and oxygen atoms in total. The first-order chi connectivity index (χ1) is 17.7. The van der Waals surface area contributed by atoms with Gasteiger partial charge >= 0.3 is 0 Å². The minimum atomic E-state index is -3.37. The summed E-state index contributed by atoms with van der Waals surface area (Å²) in [5, 5.41) is 5.14. The number of nitrogens with zero attached hydrogens (tertiary/aromatic N) is 2. The van der Waals surface area contributed by atoms with Crippen LogP contribution in [0.15, 0.2) is 47.5 Å².